The van der Waals surface area contributed by atoms with Crippen LogP contribution in [0.15, 0.2) is 30.9 Å². The van der Waals surface area contributed by atoms with Crippen molar-refractivity contribution in [3.63, 3.8) is 0 Å². The van der Waals surface area contributed by atoms with Crippen molar-refractivity contribution in [2.75, 3.05) is 0 Å². The Morgan fingerprint density at radius 1 is 0.925 bits per heavy atom. The maximum absolute atomic E-state index is 12.9. The zero-order valence-corrected chi connectivity index (χ0v) is 26.6. The number of nitrogens with zero attached hydrogens (tertiary/aromatic N) is 1. The number of hydrogen-bond acceptors (Lipinski definition) is 1. The Bertz CT molecular complexity index is 1030. The van der Waals surface area contributed by atoms with Gasteiger partial charge in [0.1, 0.15) is 5.82 Å². The van der Waals surface area contributed by atoms with Gasteiger partial charge in [-0.2, -0.15) is 0 Å². The van der Waals surface area contributed by atoms with Gasteiger partial charge in [0.15, 0.2) is 0 Å². The van der Waals surface area contributed by atoms with Gasteiger partial charge < -0.3 is 0 Å². The van der Waals surface area contributed by atoms with Crippen molar-refractivity contribution < 1.29 is 5.82 Å². The second-order valence-electron chi connectivity index (χ2n) is 11.4. The Morgan fingerprint density at radius 2 is 1.52 bits per heavy atom. The number of benzene rings is 1. The fourth-order valence-electron chi connectivity index (χ4n) is 5.21. The molecule has 0 saturated heterocycles. The zero-order valence-electron chi connectivity index (χ0n) is 26.6. The SMILES string of the molecule is C=CCC.C=c1c#cc(C2CCCCC2)n/c1=C/CC.CCC1CCCCCC1.CCCc1ccc(C)c(F)c1.[HH]. The van der Waals surface area contributed by atoms with Crippen LogP contribution in [0.1, 0.15) is 148 Å². The van der Waals surface area contributed by atoms with Gasteiger partial charge in [0.25, 0.3) is 0 Å². The fraction of sp³-hybridized carbons (Fsp3) is 0.605. The van der Waals surface area contributed by atoms with Gasteiger partial charge in [-0.3, -0.25) is 0 Å². The molecule has 0 unspecified atom stereocenters. The summed E-state index contributed by atoms with van der Waals surface area (Å²) in [4.78, 5) is 4.68. The summed E-state index contributed by atoms with van der Waals surface area (Å²) in [5.41, 5.74) is 2.92. The third-order valence-electron chi connectivity index (χ3n) is 7.90. The van der Waals surface area contributed by atoms with Gasteiger partial charge in [-0.25, -0.2) is 9.37 Å². The van der Waals surface area contributed by atoms with Crippen molar-refractivity contribution in [1.29, 1.82) is 0 Å². The van der Waals surface area contributed by atoms with E-state index in [-0.39, 0.29) is 7.24 Å². The third-order valence-corrected chi connectivity index (χ3v) is 7.90. The predicted octanol–water partition coefficient (Wildman–Crippen LogP) is 10.6. The zero-order chi connectivity index (χ0) is 29.6. The summed E-state index contributed by atoms with van der Waals surface area (Å²) in [7, 11) is 0. The fourth-order valence-corrected chi connectivity index (χ4v) is 5.21. The first-order chi connectivity index (χ1) is 19.4. The summed E-state index contributed by atoms with van der Waals surface area (Å²) in [5, 5.41) is 1.88. The van der Waals surface area contributed by atoms with E-state index >= 15 is 0 Å². The third kappa shape index (κ3) is 14.8. The first-order valence-corrected chi connectivity index (χ1v) is 16.3. The summed E-state index contributed by atoms with van der Waals surface area (Å²) < 4.78 is 12.9. The molecule has 0 aliphatic heterocycles. The average Bonchev–Trinajstić information content (AvgIpc) is 3.27. The van der Waals surface area contributed by atoms with E-state index in [1.165, 1.54) is 77.0 Å². The molecule has 0 radical (unpaired) electrons. The summed E-state index contributed by atoms with van der Waals surface area (Å²) in [6, 6.07) is 11.8. The maximum atomic E-state index is 12.9. The van der Waals surface area contributed by atoms with Crippen LogP contribution in [0.3, 0.4) is 0 Å². The monoisotopic (exact) mass is 549 g/mol. The highest BCUT2D eigenvalue weighted by Gasteiger charge is 2.16. The van der Waals surface area contributed by atoms with E-state index in [9.17, 15) is 4.39 Å². The van der Waals surface area contributed by atoms with Crippen LogP contribution in [0.5, 0.6) is 0 Å². The van der Waals surface area contributed by atoms with E-state index in [1.807, 2.05) is 18.2 Å². The van der Waals surface area contributed by atoms with Crippen LogP contribution in [0.4, 0.5) is 4.39 Å². The molecule has 2 aliphatic carbocycles. The summed E-state index contributed by atoms with van der Waals surface area (Å²) in [5.74, 6) is 1.60. The van der Waals surface area contributed by atoms with Crippen molar-refractivity contribution >= 4 is 12.7 Å². The lowest BCUT2D eigenvalue weighted by Gasteiger charge is -2.19. The molecule has 0 spiro atoms. The molecule has 4 rings (SSSR count). The minimum atomic E-state index is -0.0871. The number of aryl methyl sites for hydroxylation is 2. The first-order valence-electron chi connectivity index (χ1n) is 16.3. The van der Waals surface area contributed by atoms with E-state index in [0.29, 0.717) is 5.92 Å². The number of allylic oxidation sites excluding steroid dienone is 1. The molecule has 1 nitrogen and oxygen atoms in total. The Morgan fingerprint density at radius 3 is 2.05 bits per heavy atom. The Balaban J connectivity index is 0.000000564. The highest BCUT2D eigenvalue weighted by molar-refractivity contribution is 5.23. The van der Waals surface area contributed by atoms with Crippen LogP contribution < -0.4 is 10.6 Å². The number of rotatable bonds is 6. The van der Waals surface area contributed by atoms with Gasteiger partial charge in [-0.05, 0) is 68.2 Å². The molecule has 0 amide bonds. The second-order valence-corrected chi connectivity index (χ2v) is 11.4. The number of hydrogen-bond donors (Lipinski definition) is 0. The Kier molecular flexibility index (Phi) is 19.9. The standard InChI is InChI=1S/C15H19N.C10H13F.C9H18.C4H8.H2/c1-3-7-14-12(2)10-11-15(16-14)13-8-5-4-6-9-13;1-3-4-9-6-5-8(2)10(11)7-9;1-2-9-7-5-3-4-6-8-9;1-3-4-2;/h7,13H,2-6,8-9H2,1H3;5-7H,3-4H2,1-2H3;9H,2-8H2,1H3;3H,1,4H2,2H3;1H/b14-7+;;;;. The molecule has 2 fully saturated rings. The van der Waals surface area contributed by atoms with Crippen molar-refractivity contribution in [3.05, 3.63) is 76.2 Å². The quantitative estimate of drug-likeness (QED) is 0.258. The van der Waals surface area contributed by atoms with Crippen LogP contribution in [0.2, 0.25) is 0 Å². The molecule has 40 heavy (non-hydrogen) atoms. The summed E-state index contributed by atoms with van der Waals surface area (Å²) >= 11 is 0. The Hall–Kier alpha value is -2.40. The van der Waals surface area contributed by atoms with Crippen LogP contribution in [-0.4, -0.2) is 4.98 Å². The molecular formula is C38H60FN. The van der Waals surface area contributed by atoms with Crippen molar-refractivity contribution in [2.24, 2.45) is 5.92 Å². The predicted molar refractivity (Wildman–Crippen MR) is 176 cm³/mol. The van der Waals surface area contributed by atoms with Gasteiger partial charge in [-0.1, -0.05) is 135 Å². The largest absolute Gasteiger partial charge is 0.243 e. The van der Waals surface area contributed by atoms with Gasteiger partial charge in [0.05, 0.1) is 11.0 Å². The topological polar surface area (TPSA) is 12.9 Å². The summed E-state index contributed by atoms with van der Waals surface area (Å²) in [6.45, 7) is 17.8. The highest BCUT2D eigenvalue weighted by Crippen LogP contribution is 2.30. The van der Waals surface area contributed by atoms with Crippen molar-refractivity contribution in [3.8, 4) is 0 Å². The van der Waals surface area contributed by atoms with E-state index in [4.69, 9.17) is 0 Å². The van der Waals surface area contributed by atoms with Gasteiger partial charge >= 0.3 is 0 Å². The van der Waals surface area contributed by atoms with E-state index in [1.54, 1.807) is 13.0 Å². The average molecular weight is 550 g/mol. The highest BCUT2D eigenvalue weighted by atomic mass is 19.1. The molecule has 224 valence electrons. The van der Waals surface area contributed by atoms with E-state index in [0.717, 1.165) is 59.0 Å². The molecule has 0 atom stereocenters. The lowest BCUT2D eigenvalue weighted by molar-refractivity contribution is 0.436. The summed E-state index contributed by atoms with van der Waals surface area (Å²) in [6.07, 6.45) is 25.1. The lowest BCUT2D eigenvalue weighted by Crippen LogP contribution is -2.27. The maximum Gasteiger partial charge on any atom is 0.126 e. The van der Waals surface area contributed by atoms with Gasteiger partial charge in [-0.15, -0.1) is 6.58 Å². The van der Waals surface area contributed by atoms with Crippen LogP contribution in [-0.2, 0) is 6.42 Å². The molecule has 0 bridgehead atoms. The lowest BCUT2D eigenvalue weighted by atomic mass is 9.87. The molecule has 2 aromatic rings. The minimum absolute atomic E-state index is 0. The molecule has 1 aromatic heterocycles. The molecule has 2 aliphatic rings. The van der Waals surface area contributed by atoms with Crippen LogP contribution >= 0.6 is 0 Å². The molecule has 2 saturated carbocycles. The van der Waals surface area contributed by atoms with Gasteiger partial charge in [0, 0.05) is 12.6 Å². The number of aromatic nitrogens is 1. The van der Waals surface area contributed by atoms with Crippen LogP contribution in [0.25, 0.3) is 12.7 Å². The minimum Gasteiger partial charge on any atom is -0.243 e. The van der Waals surface area contributed by atoms with Gasteiger partial charge in [0.2, 0.25) is 0 Å². The molecule has 0 N–H and O–H groups in total. The number of halogens is 1. The first kappa shape index (κ1) is 35.6. The second kappa shape index (κ2) is 22.3. The van der Waals surface area contributed by atoms with Crippen LogP contribution in [0, 0.1) is 30.8 Å². The van der Waals surface area contributed by atoms with Crippen molar-refractivity contribution in [1.82, 2.24) is 4.98 Å². The molecule has 1 heterocycles. The van der Waals surface area contributed by atoms with E-state index < -0.39 is 0 Å². The molecule has 2 heteroatoms. The molecular weight excluding hydrogens is 489 g/mol. The normalized spacial score (nSPS) is 16.1. The molecule has 1 aromatic carbocycles. The Labute approximate surface area is 248 Å². The van der Waals surface area contributed by atoms with Crippen molar-refractivity contribution in [2.45, 2.75) is 143 Å². The van der Waals surface area contributed by atoms with E-state index in [2.05, 4.69) is 64.0 Å². The smallest absolute Gasteiger partial charge is 0.126 e.